The molecule has 1 aromatic carbocycles. The van der Waals surface area contributed by atoms with Gasteiger partial charge in [0.2, 0.25) is 0 Å². The molecule has 0 radical (unpaired) electrons. The van der Waals surface area contributed by atoms with E-state index in [2.05, 4.69) is 24.4 Å². The van der Waals surface area contributed by atoms with Crippen molar-refractivity contribution >= 4 is 34.5 Å². The lowest BCUT2D eigenvalue weighted by molar-refractivity contribution is 0.536. The Kier molecular flexibility index (Phi) is 5.71. The van der Waals surface area contributed by atoms with Gasteiger partial charge in [0.05, 0.1) is 4.34 Å². The lowest BCUT2D eigenvalue weighted by Crippen LogP contribution is -2.23. The second kappa shape index (κ2) is 7.30. The Morgan fingerprint density at radius 1 is 1.16 bits per heavy atom. The standard InChI is InChI=1S/C15H17Cl2NS/c1-2-9-18-13(14-7-8-15(17)19-14)10-11-5-3-4-6-12(11)16/h3-8,13,18H,2,9-10H2,1H3. The van der Waals surface area contributed by atoms with Gasteiger partial charge in [-0.25, -0.2) is 0 Å². The third-order valence-electron chi connectivity index (χ3n) is 2.96. The summed E-state index contributed by atoms with van der Waals surface area (Å²) < 4.78 is 0.831. The molecule has 0 spiro atoms. The number of nitrogens with one attached hydrogen (secondary N) is 1. The van der Waals surface area contributed by atoms with Gasteiger partial charge in [-0.05, 0) is 43.1 Å². The summed E-state index contributed by atoms with van der Waals surface area (Å²) >= 11 is 13.9. The van der Waals surface area contributed by atoms with Crippen molar-refractivity contribution in [1.29, 1.82) is 0 Å². The Bertz CT molecular complexity index is 524. The summed E-state index contributed by atoms with van der Waals surface area (Å²) in [5.74, 6) is 0. The molecule has 1 nitrogen and oxygen atoms in total. The summed E-state index contributed by atoms with van der Waals surface area (Å²) in [5, 5.41) is 4.40. The molecule has 2 rings (SSSR count). The molecule has 0 amide bonds. The zero-order valence-electron chi connectivity index (χ0n) is 10.8. The fourth-order valence-corrected chi connectivity index (χ4v) is 3.34. The number of rotatable bonds is 6. The zero-order valence-corrected chi connectivity index (χ0v) is 13.2. The van der Waals surface area contributed by atoms with Crippen molar-refractivity contribution < 1.29 is 0 Å². The van der Waals surface area contributed by atoms with Crippen LogP contribution in [-0.4, -0.2) is 6.54 Å². The summed E-state index contributed by atoms with van der Waals surface area (Å²) in [6.07, 6.45) is 1.99. The highest BCUT2D eigenvalue weighted by Crippen LogP contribution is 2.30. The second-order valence-electron chi connectivity index (χ2n) is 4.44. The smallest absolute Gasteiger partial charge is 0.0931 e. The van der Waals surface area contributed by atoms with Gasteiger partial charge in [-0.15, -0.1) is 11.3 Å². The average Bonchev–Trinajstić information content (AvgIpc) is 2.83. The minimum Gasteiger partial charge on any atom is -0.309 e. The fourth-order valence-electron chi connectivity index (χ4n) is 1.99. The average molecular weight is 314 g/mol. The van der Waals surface area contributed by atoms with Crippen LogP contribution >= 0.6 is 34.5 Å². The summed E-state index contributed by atoms with van der Waals surface area (Å²) in [4.78, 5) is 1.26. The maximum Gasteiger partial charge on any atom is 0.0931 e. The minimum atomic E-state index is 0.275. The van der Waals surface area contributed by atoms with Crippen molar-refractivity contribution in [2.75, 3.05) is 6.54 Å². The van der Waals surface area contributed by atoms with E-state index < -0.39 is 0 Å². The zero-order chi connectivity index (χ0) is 13.7. The fraction of sp³-hybridized carbons (Fsp3) is 0.333. The van der Waals surface area contributed by atoms with Crippen LogP contribution in [0.4, 0.5) is 0 Å². The van der Waals surface area contributed by atoms with Gasteiger partial charge < -0.3 is 5.32 Å². The molecule has 1 heterocycles. The Labute approximate surface area is 128 Å². The van der Waals surface area contributed by atoms with Crippen LogP contribution in [0.2, 0.25) is 9.36 Å². The van der Waals surface area contributed by atoms with E-state index in [0.717, 1.165) is 28.7 Å². The van der Waals surface area contributed by atoms with Crippen LogP contribution in [0.1, 0.15) is 29.8 Å². The van der Waals surface area contributed by atoms with Crippen molar-refractivity contribution in [3.63, 3.8) is 0 Å². The largest absolute Gasteiger partial charge is 0.309 e. The van der Waals surface area contributed by atoms with Gasteiger partial charge in [0.1, 0.15) is 0 Å². The summed E-state index contributed by atoms with van der Waals surface area (Å²) in [7, 11) is 0. The van der Waals surface area contributed by atoms with E-state index in [1.807, 2.05) is 24.3 Å². The number of thiophene rings is 1. The highest BCUT2D eigenvalue weighted by molar-refractivity contribution is 7.16. The SMILES string of the molecule is CCCNC(Cc1ccccc1Cl)c1ccc(Cl)s1. The molecule has 1 aromatic heterocycles. The van der Waals surface area contributed by atoms with E-state index >= 15 is 0 Å². The predicted molar refractivity (Wildman–Crippen MR) is 85.5 cm³/mol. The number of benzene rings is 1. The van der Waals surface area contributed by atoms with E-state index in [1.165, 1.54) is 10.4 Å². The third kappa shape index (κ3) is 4.22. The van der Waals surface area contributed by atoms with Gasteiger partial charge >= 0.3 is 0 Å². The number of halogens is 2. The molecule has 0 fully saturated rings. The second-order valence-corrected chi connectivity index (χ2v) is 6.60. The van der Waals surface area contributed by atoms with Gasteiger partial charge in [0, 0.05) is 15.9 Å². The molecule has 1 N–H and O–H groups in total. The van der Waals surface area contributed by atoms with Crippen LogP contribution in [-0.2, 0) is 6.42 Å². The molecule has 0 saturated heterocycles. The normalized spacial score (nSPS) is 12.6. The van der Waals surface area contributed by atoms with E-state index in [1.54, 1.807) is 11.3 Å². The maximum atomic E-state index is 6.24. The molecule has 0 aliphatic rings. The van der Waals surface area contributed by atoms with Crippen molar-refractivity contribution in [2.24, 2.45) is 0 Å². The monoisotopic (exact) mass is 313 g/mol. The molecule has 4 heteroatoms. The van der Waals surface area contributed by atoms with E-state index in [-0.39, 0.29) is 6.04 Å². The van der Waals surface area contributed by atoms with E-state index in [4.69, 9.17) is 23.2 Å². The Morgan fingerprint density at radius 2 is 1.95 bits per heavy atom. The first-order valence-corrected chi connectivity index (χ1v) is 8.00. The molecular weight excluding hydrogens is 297 g/mol. The molecule has 0 aliphatic heterocycles. The van der Waals surface area contributed by atoms with Gasteiger partial charge in [-0.3, -0.25) is 0 Å². The van der Waals surface area contributed by atoms with Gasteiger partial charge in [-0.2, -0.15) is 0 Å². The van der Waals surface area contributed by atoms with Crippen molar-refractivity contribution in [3.8, 4) is 0 Å². The van der Waals surface area contributed by atoms with E-state index in [9.17, 15) is 0 Å². The van der Waals surface area contributed by atoms with Crippen molar-refractivity contribution in [3.05, 3.63) is 56.2 Å². The lowest BCUT2D eigenvalue weighted by atomic mass is 10.0. The van der Waals surface area contributed by atoms with Crippen LogP contribution in [0.5, 0.6) is 0 Å². The molecule has 19 heavy (non-hydrogen) atoms. The highest BCUT2D eigenvalue weighted by Gasteiger charge is 2.15. The van der Waals surface area contributed by atoms with Crippen LogP contribution in [0.25, 0.3) is 0 Å². The van der Waals surface area contributed by atoms with Crippen LogP contribution in [0, 0.1) is 0 Å². The lowest BCUT2D eigenvalue weighted by Gasteiger charge is -2.18. The van der Waals surface area contributed by atoms with Crippen LogP contribution in [0.15, 0.2) is 36.4 Å². The quantitative estimate of drug-likeness (QED) is 0.759. The molecular formula is C15H17Cl2NS. The number of hydrogen-bond acceptors (Lipinski definition) is 2. The van der Waals surface area contributed by atoms with Crippen LogP contribution < -0.4 is 5.32 Å². The minimum absolute atomic E-state index is 0.275. The molecule has 1 atom stereocenters. The molecule has 0 bridgehead atoms. The Morgan fingerprint density at radius 3 is 2.58 bits per heavy atom. The molecule has 2 aromatic rings. The highest BCUT2D eigenvalue weighted by atomic mass is 35.5. The first-order valence-electron chi connectivity index (χ1n) is 6.42. The third-order valence-corrected chi connectivity index (χ3v) is 4.67. The van der Waals surface area contributed by atoms with E-state index in [0.29, 0.717) is 0 Å². The first-order chi connectivity index (χ1) is 9.20. The summed E-state index contributed by atoms with van der Waals surface area (Å²) in [5.41, 5.74) is 1.17. The first kappa shape index (κ1) is 14.9. The summed E-state index contributed by atoms with van der Waals surface area (Å²) in [6, 6.07) is 12.3. The van der Waals surface area contributed by atoms with Crippen molar-refractivity contribution in [2.45, 2.75) is 25.8 Å². The topological polar surface area (TPSA) is 12.0 Å². The maximum absolute atomic E-state index is 6.24. The van der Waals surface area contributed by atoms with Crippen molar-refractivity contribution in [1.82, 2.24) is 5.32 Å². The van der Waals surface area contributed by atoms with Gasteiger partial charge in [0.15, 0.2) is 0 Å². The predicted octanol–water partition coefficient (Wildman–Crippen LogP) is 5.34. The van der Waals surface area contributed by atoms with Gasteiger partial charge in [0.25, 0.3) is 0 Å². The molecule has 1 unspecified atom stereocenters. The van der Waals surface area contributed by atoms with Crippen LogP contribution in [0.3, 0.4) is 0 Å². The Hall–Kier alpha value is -0.540. The Balaban J connectivity index is 2.16. The molecule has 0 saturated carbocycles. The molecule has 102 valence electrons. The number of hydrogen-bond donors (Lipinski definition) is 1. The summed E-state index contributed by atoms with van der Waals surface area (Å²) in [6.45, 7) is 3.16. The van der Waals surface area contributed by atoms with Gasteiger partial charge in [-0.1, -0.05) is 48.3 Å². The molecule has 0 aliphatic carbocycles.